The number of ether oxygens (including phenoxy) is 2. The summed E-state index contributed by atoms with van der Waals surface area (Å²) in [7, 11) is 2.97. The summed E-state index contributed by atoms with van der Waals surface area (Å²) in [5.41, 5.74) is 6.13. The normalized spacial score (nSPS) is 13.8. The number of amides is 1. The van der Waals surface area contributed by atoms with Crippen molar-refractivity contribution in [1.82, 2.24) is 10.3 Å². The number of fused-ring (bicyclic) bond motifs is 1. The number of methoxy groups -OCH3 is 2. The summed E-state index contributed by atoms with van der Waals surface area (Å²) in [5.74, 6) is 0.131. The van der Waals surface area contributed by atoms with Gasteiger partial charge in [0.2, 0.25) is 11.7 Å². The Morgan fingerprint density at radius 2 is 1.85 bits per heavy atom. The van der Waals surface area contributed by atoms with Crippen molar-refractivity contribution in [3.63, 3.8) is 0 Å². The molecule has 0 saturated heterocycles. The van der Waals surface area contributed by atoms with Crippen LogP contribution in [0.3, 0.4) is 0 Å². The van der Waals surface area contributed by atoms with Crippen molar-refractivity contribution in [1.29, 1.82) is 0 Å². The van der Waals surface area contributed by atoms with E-state index in [0.717, 1.165) is 39.1 Å². The Hall–Kier alpha value is -4.00. The van der Waals surface area contributed by atoms with Gasteiger partial charge in [0.1, 0.15) is 5.82 Å². The van der Waals surface area contributed by atoms with Gasteiger partial charge in [0.25, 0.3) is 0 Å². The molecular formula is C27H27FN2O4. The van der Waals surface area contributed by atoms with E-state index in [-0.39, 0.29) is 23.9 Å². The molecular weight excluding hydrogens is 435 g/mol. The number of aromatic amines is 1. The minimum Gasteiger partial charge on any atom is -0.502 e. The lowest BCUT2D eigenvalue weighted by Gasteiger charge is -2.11. The Labute approximate surface area is 197 Å². The maximum Gasteiger partial charge on any atom is 0.224 e. The predicted molar refractivity (Wildman–Crippen MR) is 129 cm³/mol. The van der Waals surface area contributed by atoms with E-state index < -0.39 is 0 Å². The van der Waals surface area contributed by atoms with E-state index >= 15 is 0 Å². The highest BCUT2D eigenvalue weighted by Gasteiger charge is 2.25. The van der Waals surface area contributed by atoms with E-state index in [1.807, 2.05) is 25.1 Å². The molecule has 34 heavy (non-hydrogen) atoms. The summed E-state index contributed by atoms with van der Waals surface area (Å²) in [6.45, 7) is 2.36. The first kappa shape index (κ1) is 23.2. The Morgan fingerprint density at radius 3 is 2.50 bits per heavy atom. The molecule has 3 N–H and O–H groups in total. The molecule has 0 unspecified atom stereocenters. The number of carbonyl (C=O) groups excluding carboxylic acids is 1. The number of allylic oxidation sites excluding steroid dienone is 3. The smallest absolute Gasteiger partial charge is 0.224 e. The highest BCUT2D eigenvalue weighted by molar-refractivity contribution is 6.04. The molecule has 2 aromatic carbocycles. The zero-order valence-electron chi connectivity index (χ0n) is 19.4. The molecule has 1 aliphatic rings. The molecule has 0 saturated carbocycles. The van der Waals surface area contributed by atoms with E-state index in [1.165, 1.54) is 26.4 Å². The molecule has 1 aliphatic carbocycles. The largest absolute Gasteiger partial charge is 0.502 e. The Balaban J connectivity index is 1.61. The minimum absolute atomic E-state index is 0.0492. The van der Waals surface area contributed by atoms with E-state index in [9.17, 15) is 14.3 Å². The number of phenols is 1. The number of hydrogen-bond donors (Lipinski definition) is 3. The number of rotatable bonds is 8. The number of aromatic hydroxyl groups is 1. The highest BCUT2D eigenvalue weighted by atomic mass is 19.1. The third-order valence-electron chi connectivity index (χ3n) is 6.01. The van der Waals surface area contributed by atoms with Gasteiger partial charge in [0.05, 0.1) is 27.2 Å². The topological polar surface area (TPSA) is 83.6 Å². The third-order valence-corrected chi connectivity index (χ3v) is 6.01. The van der Waals surface area contributed by atoms with Gasteiger partial charge >= 0.3 is 0 Å². The average molecular weight is 463 g/mol. The molecule has 7 heteroatoms. The van der Waals surface area contributed by atoms with Gasteiger partial charge in [-0.25, -0.2) is 4.39 Å². The molecule has 1 heterocycles. The summed E-state index contributed by atoms with van der Waals surface area (Å²) >= 11 is 0. The quantitative estimate of drug-likeness (QED) is 0.440. The number of phenolic OH excluding ortho intramolecular Hbond substituents is 1. The van der Waals surface area contributed by atoms with Gasteiger partial charge in [-0.3, -0.25) is 4.79 Å². The molecule has 3 aromatic rings. The number of hydrogen-bond acceptors (Lipinski definition) is 4. The predicted octanol–water partition coefficient (Wildman–Crippen LogP) is 5.00. The van der Waals surface area contributed by atoms with Gasteiger partial charge < -0.3 is 24.9 Å². The number of benzene rings is 2. The standard InChI is InChI=1S/C27H27FN2O4/c1-16-20(8-6-17-11-24(33-2)27(32)25(12-17)34-3)21-9-7-18(28)13-23(21)22(16)14-26(31)30-15-19-5-4-10-29-19/h4-5,7-13,29,32H,6,14-15H2,1-3H3,(H,30,31)/b20-8-. The van der Waals surface area contributed by atoms with Crippen LogP contribution in [0.15, 0.2) is 60.3 Å². The lowest BCUT2D eigenvalue weighted by Crippen LogP contribution is -2.22. The van der Waals surface area contributed by atoms with Crippen molar-refractivity contribution in [2.24, 2.45) is 0 Å². The van der Waals surface area contributed by atoms with Gasteiger partial charge in [0.15, 0.2) is 11.5 Å². The number of carbonyl (C=O) groups is 1. The second-order valence-corrected chi connectivity index (χ2v) is 8.11. The van der Waals surface area contributed by atoms with Crippen LogP contribution in [0.1, 0.15) is 35.7 Å². The van der Waals surface area contributed by atoms with Crippen LogP contribution in [0.25, 0.3) is 11.1 Å². The fourth-order valence-corrected chi connectivity index (χ4v) is 4.24. The second-order valence-electron chi connectivity index (χ2n) is 8.11. The van der Waals surface area contributed by atoms with Crippen molar-refractivity contribution < 1.29 is 23.8 Å². The average Bonchev–Trinajstić information content (AvgIpc) is 3.44. The van der Waals surface area contributed by atoms with Crippen molar-refractivity contribution in [2.75, 3.05) is 14.2 Å². The van der Waals surface area contributed by atoms with Crippen LogP contribution in [0, 0.1) is 5.82 Å². The monoisotopic (exact) mass is 462 g/mol. The molecule has 0 spiro atoms. The van der Waals surface area contributed by atoms with Crippen molar-refractivity contribution in [3.8, 4) is 17.2 Å². The molecule has 4 rings (SSSR count). The Morgan fingerprint density at radius 1 is 1.12 bits per heavy atom. The number of H-pyrrole nitrogens is 1. The fraction of sp³-hybridized carbons (Fsp3) is 0.222. The van der Waals surface area contributed by atoms with Gasteiger partial charge in [-0.1, -0.05) is 12.1 Å². The van der Waals surface area contributed by atoms with Crippen molar-refractivity contribution in [2.45, 2.75) is 26.3 Å². The van der Waals surface area contributed by atoms with Crippen molar-refractivity contribution in [3.05, 3.63) is 88.5 Å². The summed E-state index contributed by atoms with van der Waals surface area (Å²) < 4.78 is 24.6. The lowest BCUT2D eigenvalue weighted by atomic mass is 10.00. The molecule has 176 valence electrons. The highest BCUT2D eigenvalue weighted by Crippen LogP contribution is 2.43. The minimum atomic E-state index is -0.342. The zero-order valence-corrected chi connectivity index (χ0v) is 19.4. The van der Waals surface area contributed by atoms with E-state index in [2.05, 4.69) is 10.3 Å². The first-order chi connectivity index (χ1) is 16.4. The van der Waals surface area contributed by atoms with Crippen LogP contribution in [-0.4, -0.2) is 30.2 Å². The molecule has 1 amide bonds. The first-order valence-corrected chi connectivity index (χ1v) is 10.9. The SMILES string of the molecule is COc1cc(C/C=C2/C(C)=C(CC(=O)NCc3ccc[nH]3)c3cc(F)ccc32)cc(OC)c1O. The number of halogens is 1. The fourth-order valence-electron chi connectivity index (χ4n) is 4.24. The van der Waals surface area contributed by atoms with Gasteiger partial charge in [-0.2, -0.15) is 0 Å². The first-order valence-electron chi connectivity index (χ1n) is 10.9. The van der Waals surface area contributed by atoms with E-state index in [1.54, 1.807) is 24.4 Å². The summed E-state index contributed by atoms with van der Waals surface area (Å²) in [5, 5.41) is 13.1. The molecule has 0 fully saturated rings. The summed E-state index contributed by atoms with van der Waals surface area (Å²) in [6.07, 6.45) is 4.53. The maximum absolute atomic E-state index is 14.1. The lowest BCUT2D eigenvalue weighted by molar-refractivity contribution is -0.120. The molecule has 0 radical (unpaired) electrons. The van der Waals surface area contributed by atoms with Crippen LogP contribution >= 0.6 is 0 Å². The Kier molecular flexibility index (Phi) is 6.72. The summed E-state index contributed by atoms with van der Waals surface area (Å²) in [4.78, 5) is 15.7. The zero-order chi connectivity index (χ0) is 24.2. The van der Waals surface area contributed by atoms with Crippen LogP contribution in [0.4, 0.5) is 4.39 Å². The molecule has 6 nitrogen and oxygen atoms in total. The number of nitrogens with one attached hydrogen (secondary N) is 2. The molecule has 0 aliphatic heterocycles. The van der Waals surface area contributed by atoms with Crippen molar-refractivity contribution >= 4 is 17.1 Å². The molecule has 1 aromatic heterocycles. The van der Waals surface area contributed by atoms with Crippen LogP contribution in [0.5, 0.6) is 17.2 Å². The number of aromatic nitrogens is 1. The van der Waals surface area contributed by atoms with E-state index in [4.69, 9.17) is 9.47 Å². The van der Waals surface area contributed by atoms with Gasteiger partial charge in [0, 0.05) is 11.9 Å². The van der Waals surface area contributed by atoms with Gasteiger partial charge in [-0.05, 0) is 83.2 Å². The maximum atomic E-state index is 14.1. The van der Waals surface area contributed by atoms with Crippen LogP contribution in [0.2, 0.25) is 0 Å². The van der Waals surface area contributed by atoms with E-state index in [0.29, 0.717) is 24.5 Å². The molecule has 0 bridgehead atoms. The van der Waals surface area contributed by atoms with Crippen LogP contribution in [-0.2, 0) is 17.8 Å². The second kappa shape index (κ2) is 9.87. The Bertz CT molecular complexity index is 1250. The van der Waals surface area contributed by atoms with Gasteiger partial charge in [-0.15, -0.1) is 0 Å². The van der Waals surface area contributed by atoms with Crippen LogP contribution < -0.4 is 14.8 Å². The third kappa shape index (κ3) is 4.69. The molecule has 0 atom stereocenters. The summed E-state index contributed by atoms with van der Waals surface area (Å²) in [6, 6.07) is 12.0.